The summed E-state index contributed by atoms with van der Waals surface area (Å²) in [6.45, 7) is 7.97. The van der Waals surface area contributed by atoms with E-state index in [-0.39, 0.29) is 40.4 Å². The molecule has 0 unspecified atom stereocenters. The van der Waals surface area contributed by atoms with Crippen LogP contribution >= 0.6 is 0 Å². The van der Waals surface area contributed by atoms with Gasteiger partial charge in [-0.1, -0.05) is 46.9 Å². The Morgan fingerprint density at radius 3 is 1.33 bits per heavy atom. The van der Waals surface area contributed by atoms with Gasteiger partial charge < -0.3 is 35.9 Å². The van der Waals surface area contributed by atoms with Gasteiger partial charge in [0.15, 0.2) is 11.8 Å². The zero-order valence-electron chi connectivity index (χ0n) is 15.9. The molecule has 0 aliphatic carbocycles. The quantitative estimate of drug-likeness (QED) is 0.560. The number of aryl methyl sites for hydroxylation is 4. The van der Waals surface area contributed by atoms with E-state index in [9.17, 15) is 9.59 Å². The van der Waals surface area contributed by atoms with Crippen molar-refractivity contribution in [1.82, 2.24) is 0 Å². The largest absolute Gasteiger partial charge is 2.00 e. The fourth-order valence-corrected chi connectivity index (χ4v) is 2.42. The molecule has 0 saturated carbocycles. The van der Waals surface area contributed by atoms with Crippen LogP contribution in [-0.4, -0.2) is 23.3 Å². The minimum atomic E-state index is -0.123. The first-order chi connectivity index (χ1) is 12.3. The molecular weight excluding hydrogens is 419 g/mol. The fourth-order valence-electron chi connectivity index (χ4n) is 2.28. The average Bonchev–Trinajstić information content (AvgIpc) is 2.60. The predicted molar refractivity (Wildman–Crippen MR) is 114 cm³/mol. The number of carbonyl (C=O) groups excluding carboxylic acids is 2. The number of rotatable bonds is 4. The monoisotopic (exact) mass is 443 g/mol. The van der Waals surface area contributed by atoms with Gasteiger partial charge in [-0.15, -0.1) is 0 Å². The molecule has 0 fully saturated rings. The fraction of sp³-hybridized carbons (Fsp3) is 0.300. The Bertz CT molecular complexity index is 717. The first kappa shape index (κ1) is 25.6. The smallest absolute Gasteiger partial charge is 0.783 e. The molecule has 145 valence electrons. The van der Waals surface area contributed by atoms with E-state index >= 15 is 0 Å². The van der Waals surface area contributed by atoms with Crippen LogP contribution in [0.5, 0.6) is 0 Å². The van der Waals surface area contributed by atoms with E-state index in [0.717, 1.165) is 22.5 Å². The first-order valence-corrected chi connectivity index (χ1v) is 9.32. The van der Waals surface area contributed by atoms with Crippen molar-refractivity contribution < 1.29 is 26.7 Å². The van der Waals surface area contributed by atoms with Gasteiger partial charge in [0, 0.05) is 11.4 Å². The third-order valence-corrected chi connectivity index (χ3v) is 4.10. The number of hydrogen-bond donors (Lipinski definition) is 2. The molecule has 4 nitrogen and oxygen atoms in total. The van der Waals surface area contributed by atoms with Crippen molar-refractivity contribution in [1.29, 1.82) is 0 Å². The molecule has 2 aromatic carbocycles. The van der Waals surface area contributed by atoms with Crippen LogP contribution in [0.3, 0.4) is 0 Å². The summed E-state index contributed by atoms with van der Waals surface area (Å²) in [6, 6.07) is 11.8. The van der Waals surface area contributed by atoms with Crippen molar-refractivity contribution >= 4 is 48.4 Å². The summed E-state index contributed by atoms with van der Waals surface area (Å²) in [5.41, 5.74) is 6.21. The number of carbonyl (C=O) groups is 2. The molecule has 27 heavy (non-hydrogen) atoms. The van der Waals surface area contributed by atoms with Crippen molar-refractivity contribution in [2.45, 2.75) is 27.7 Å². The third-order valence-electron chi connectivity index (χ3n) is 3.57. The SMILES string of the molecule is Cc1ccc(NC(=O)C[S-])c(C)c1.Cc1ccc(NC(=O)C[S-])c(C)c1.[Mn+2]. The summed E-state index contributed by atoms with van der Waals surface area (Å²) < 4.78 is 0. The number of benzene rings is 2. The Balaban J connectivity index is 0.000000483. The molecule has 0 heterocycles. The molecule has 2 aromatic rings. The van der Waals surface area contributed by atoms with Gasteiger partial charge in [0.1, 0.15) is 0 Å². The predicted octanol–water partition coefficient (Wildman–Crippen LogP) is 3.58. The zero-order valence-corrected chi connectivity index (χ0v) is 18.7. The second kappa shape index (κ2) is 12.9. The molecule has 0 aliphatic heterocycles. The van der Waals surface area contributed by atoms with E-state index in [4.69, 9.17) is 0 Å². The van der Waals surface area contributed by atoms with Gasteiger partial charge in [0.25, 0.3) is 0 Å². The summed E-state index contributed by atoms with van der Waals surface area (Å²) in [4.78, 5) is 22.0. The Labute approximate surface area is 183 Å². The van der Waals surface area contributed by atoms with Gasteiger partial charge in [-0.2, -0.15) is 0 Å². The van der Waals surface area contributed by atoms with Crippen molar-refractivity contribution in [3.05, 3.63) is 58.7 Å². The Morgan fingerprint density at radius 1 is 0.741 bits per heavy atom. The van der Waals surface area contributed by atoms with Gasteiger partial charge >= 0.3 is 17.1 Å². The van der Waals surface area contributed by atoms with Crippen LogP contribution in [0.4, 0.5) is 11.4 Å². The van der Waals surface area contributed by atoms with Crippen molar-refractivity contribution in [2.75, 3.05) is 22.1 Å². The first-order valence-electron chi connectivity index (χ1n) is 8.17. The maximum absolute atomic E-state index is 11.0. The van der Waals surface area contributed by atoms with E-state index in [1.807, 2.05) is 64.1 Å². The number of amides is 2. The van der Waals surface area contributed by atoms with Crippen LogP contribution in [0.2, 0.25) is 0 Å². The minimum Gasteiger partial charge on any atom is -0.783 e. The summed E-state index contributed by atoms with van der Waals surface area (Å²) in [5.74, 6) is -0.0374. The Hall–Kier alpha value is -1.40. The average molecular weight is 443 g/mol. The molecule has 7 heteroatoms. The van der Waals surface area contributed by atoms with Crippen LogP contribution in [0.25, 0.3) is 0 Å². The van der Waals surface area contributed by atoms with Gasteiger partial charge in [-0.05, 0) is 51.0 Å². The zero-order chi connectivity index (χ0) is 19.7. The molecule has 2 amide bonds. The van der Waals surface area contributed by atoms with Crippen LogP contribution in [-0.2, 0) is 51.9 Å². The Morgan fingerprint density at radius 2 is 1.07 bits per heavy atom. The molecule has 2 N–H and O–H groups in total. The summed E-state index contributed by atoms with van der Waals surface area (Å²) >= 11 is 9.26. The molecular formula is C20H24MnN2O2S2. The normalized spacial score (nSPS) is 9.41. The molecule has 0 aromatic heterocycles. The molecule has 1 radical (unpaired) electrons. The minimum absolute atomic E-state index is 0. The maximum Gasteiger partial charge on any atom is 2.00 e. The van der Waals surface area contributed by atoms with Gasteiger partial charge in [0.2, 0.25) is 0 Å². The van der Waals surface area contributed by atoms with Crippen molar-refractivity contribution in [3.8, 4) is 0 Å². The van der Waals surface area contributed by atoms with Crippen LogP contribution in [0.15, 0.2) is 36.4 Å². The summed E-state index contributed by atoms with van der Waals surface area (Å²) in [5, 5.41) is 5.49. The Kier molecular flexibility index (Phi) is 12.2. The van der Waals surface area contributed by atoms with Crippen LogP contribution in [0.1, 0.15) is 22.3 Å². The standard InChI is InChI=1S/2C10H13NOS.Mn/c2*1-7-3-4-9(8(2)5-7)11-10(12)6-13;/h2*3-5,13H,6H2,1-2H3,(H,11,12);/q;;+2/p-2. The van der Waals surface area contributed by atoms with E-state index in [2.05, 4.69) is 35.9 Å². The summed E-state index contributed by atoms with van der Waals surface area (Å²) in [7, 11) is 0. The topological polar surface area (TPSA) is 58.2 Å². The molecule has 0 aliphatic rings. The van der Waals surface area contributed by atoms with Gasteiger partial charge in [-0.25, -0.2) is 0 Å². The third kappa shape index (κ3) is 9.38. The van der Waals surface area contributed by atoms with Crippen LogP contribution in [0, 0.1) is 27.7 Å². The summed E-state index contributed by atoms with van der Waals surface area (Å²) in [6.07, 6.45) is 0. The van der Waals surface area contributed by atoms with Crippen LogP contribution < -0.4 is 10.6 Å². The molecule has 0 atom stereocenters. The molecule has 0 saturated heterocycles. The second-order valence-corrected chi connectivity index (χ2v) is 6.60. The van der Waals surface area contributed by atoms with Crippen molar-refractivity contribution in [3.63, 3.8) is 0 Å². The van der Waals surface area contributed by atoms with E-state index < -0.39 is 0 Å². The number of hydrogen-bond acceptors (Lipinski definition) is 4. The number of nitrogens with one attached hydrogen (secondary N) is 2. The number of anilines is 2. The second-order valence-electron chi connectivity index (χ2n) is 6.02. The van der Waals surface area contributed by atoms with E-state index in [1.54, 1.807) is 0 Å². The van der Waals surface area contributed by atoms with Crippen molar-refractivity contribution in [2.24, 2.45) is 0 Å². The molecule has 2 rings (SSSR count). The maximum atomic E-state index is 11.0. The van der Waals surface area contributed by atoms with E-state index in [0.29, 0.717) is 0 Å². The molecule has 0 spiro atoms. The van der Waals surface area contributed by atoms with Gasteiger partial charge in [-0.3, -0.25) is 9.59 Å². The van der Waals surface area contributed by atoms with E-state index in [1.165, 1.54) is 11.1 Å². The molecule has 0 bridgehead atoms. The van der Waals surface area contributed by atoms with Gasteiger partial charge in [0.05, 0.1) is 0 Å².